The molecule has 0 aliphatic rings. The third-order valence-electron chi connectivity index (χ3n) is 4.60. The number of hydrogen-bond donors (Lipinski definition) is 1. The largest absolute Gasteiger partial charge is 0.294 e. The van der Waals surface area contributed by atoms with Crippen LogP contribution in [0.1, 0.15) is 5.56 Å². The van der Waals surface area contributed by atoms with Crippen molar-refractivity contribution in [3.05, 3.63) is 100 Å². The van der Waals surface area contributed by atoms with E-state index >= 15 is 0 Å². The number of sulfone groups is 1. The lowest BCUT2D eigenvalue weighted by Gasteiger charge is -2.12. The molecule has 32 heavy (non-hydrogen) atoms. The first-order valence-corrected chi connectivity index (χ1v) is 10.8. The number of carbonyl (C=O) groups is 1. The molecule has 4 rings (SSSR count). The summed E-state index contributed by atoms with van der Waals surface area (Å²) in [4.78, 5) is 25.7. The van der Waals surface area contributed by atoms with Gasteiger partial charge >= 0.3 is 0 Å². The first-order chi connectivity index (χ1) is 15.3. The molecule has 0 fully saturated rings. The standard InChI is InChI=1S/C22H15F2N3O4S/c23-15-10-14(11-16(24)13-15)12-20(28)25-27-22(29)19-9-5-4-8-18(19)21(26-27)32(30,31)17-6-2-1-3-7-17/h1-11,13H,12H2,(H,25,28). The van der Waals surface area contributed by atoms with E-state index in [2.05, 4.69) is 10.5 Å². The number of carbonyl (C=O) groups excluding carboxylic acids is 1. The van der Waals surface area contributed by atoms with E-state index in [1.54, 1.807) is 30.3 Å². The lowest BCUT2D eigenvalue weighted by atomic mass is 10.1. The highest BCUT2D eigenvalue weighted by molar-refractivity contribution is 7.91. The molecule has 3 aromatic carbocycles. The van der Waals surface area contributed by atoms with Gasteiger partial charge in [0.05, 0.1) is 16.7 Å². The minimum absolute atomic E-state index is 0.0223. The highest BCUT2D eigenvalue weighted by Crippen LogP contribution is 2.24. The fourth-order valence-corrected chi connectivity index (χ4v) is 4.60. The van der Waals surface area contributed by atoms with Gasteiger partial charge in [-0.3, -0.25) is 9.59 Å². The lowest BCUT2D eigenvalue weighted by molar-refractivity contribution is -0.116. The van der Waals surface area contributed by atoms with E-state index in [4.69, 9.17) is 0 Å². The number of amides is 1. The second-order valence-corrected chi connectivity index (χ2v) is 8.74. The average molecular weight is 455 g/mol. The molecule has 162 valence electrons. The molecule has 0 spiro atoms. The summed E-state index contributed by atoms with van der Waals surface area (Å²) in [5.41, 5.74) is 1.47. The molecule has 0 aliphatic carbocycles. The van der Waals surface area contributed by atoms with Crippen LogP contribution in [0.3, 0.4) is 0 Å². The summed E-state index contributed by atoms with van der Waals surface area (Å²) in [5.74, 6) is -2.53. The summed E-state index contributed by atoms with van der Waals surface area (Å²) >= 11 is 0. The maximum atomic E-state index is 13.4. The third-order valence-corrected chi connectivity index (χ3v) is 6.30. The van der Waals surface area contributed by atoms with E-state index in [0.29, 0.717) is 10.9 Å². The van der Waals surface area contributed by atoms with E-state index in [0.717, 1.165) is 12.1 Å². The van der Waals surface area contributed by atoms with Gasteiger partial charge in [-0.2, -0.15) is 0 Å². The fourth-order valence-electron chi connectivity index (χ4n) is 3.20. The van der Waals surface area contributed by atoms with E-state index in [-0.39, 0.29) is 21.2 Å². The van der Waals surface area contributed by atoms with Crippen LogP contribution < -0.4 is 11.0 Å². The molecular formula is C22H15F2N3O4S. The van der Waals surface area contributed by atoms with Crippen LogP contribution in [0.2, 0.25) is 0 Å². The molecule has 1 N–H and O–H groups in total. The molecule has 1 heterocycles. The first-order valence-electron chi connectivity index (χ1n) is 9.33. The smallest absolute Gasteiger partial charge is 0.273 e. The van der Waals surface area contributed by atoms with Gasteiger partial charge in [-0.15, -0.1) is 9.89 Å². The predicted molar refractivity (Wildman–Crippen MR) is 112 cm³/mol. The number of rotatable bonds is 5. The molecule has 0 aliphatic heterocycles. The van der Waals surface area contributed by atoms with Gasteiger partial charge in [-0.25, -0.2) is 22.6 Å². The van der Waals surface area contributed by atoms with Gasteiger partial charge in [0.15, 0.2) is 5.03 Å². The van der Waals surface area contributed by atoms with Crippen LogP contribution in [-0.4, -0.2) is 24.2 Å². The fraction of sp³-hybridized carbons (Fsp3) is 0.0455. The van der Waals surface area contributed by atoms with Gasteiger partial charge in [0, 0.05) is 11.5 Å². The number of benzene rings is 3. The minimum Gasteiger partial charge on any atom is -0.273 e. The third kappa shape index (κ3) is 4.12. The Morgan fingerprint density at radius 1 is 0.906 bits per heavy atom. The molecule has 0 bridgehead atoms. The van der Waals surface area contributed by atoms with Crippen molar-refractivity contribution in [1.29, 1.82) is 0 Å². The zero-order chi connectivity index (χ0) is 22.9. The molecule has 1 aromatic heterocycles. The van der Waals surface area contributed by atoms with Crippen LogP contribution in [0.15, 0.2) is 87.5 Å². The maximum absolute atomic E-state index is 13.4. The minimum atomic E-state index is -4.13. The van der Waals surface area contributed by atoms with Crippen molar-refractivity contribution >= 4 is 26.5 Å². The molecular weight excluding hydrogens is 440 g/mol. The van der Waals surface area contributed by atoms with Crippen molar-refractivity contribution in [3.63, 3.8) is 0 Å². The molecule has 0 saturated heterocycles. The number of aromatic nitrogens is 2. The summed E-state index contributed by atoms with van der Waals surface area (Å²) in [5, 5.41) is 3.60. The number of halogens is 2. The highest BCUT2D eigenvalue weighted by atomic mass is 32.2. The number of fused-ring (bicyclic) bond motifs is 1. The number of nitrogens with zero attached hydrogens (tertiary/aromatic N) is 2. The van der Waals surface area contributed by atoms with Gasteiger partial charge in [-0.05, 0) is 35.9 Å². The Balaban J connectivity index is 1.78. The van der Waals surface area contributed by atoms with Gasteiger partial charge < -0.3 is 0 Å². The van der Waals surface area contributed by atoms with Gasteiger partial charge in [-0.1, -0.05) is 36.4 Å². The van der Waals surface area contributed by atoms with Crippen molar-refractivity contribution in [1.82, 2.24) is 9.89 Å². The van der Waals surface area contributed by atoms with Gasteiger partial charge in [0.2, 0.25) is 15.7 Å². The lowest BCUT2D eigenvalue weighted by Crippen LogP contribution is -2.37. The van der Waals surface area contributed by atoms with Gasteiger partial charge in [0.25, 0.3) is 5.56 Å². The monoisotopic (exact) mass is 455 g/mol. The molecule has 1 amide bonds. The Morgan fingerprint density at radius 3 is 2.16 bits per heavy atom. The zero-order valence-electron chi connectivity index (χ0n) is 16.3. The maximum Gasteiger partial charge on any atom is 0.294 e. The topological polar surface area (TPSA) is 98.1 Å². The Bertz CT molecular complexity index is 1480. The van der Waals surface area contributed by atoms with Crippen LogP contribution in [0.5, 0.6) is 0 Å². The van der Waals surface area contributed by atoms with Crippen LogP contribution in [0.4, 0.5) is 8.78 Å². The molecule has 4 aromatic rings. The summed E-state index contributed by atoms with van der Waals surface area (Å²) in [7, 11) is -4.13. The molecule has 0 atom stereocenters. The van der Waals surface area contributed by atoms with Crippen LogP contribution >= 0.6 is 0 Å². The highest BCUT2D eigenvalue weighted by Gasteiger charge is 2.25. The zero-order valence-corrected chi connectivity index (χ0v) is 17.1. The summed E-state index contributed by atoms with van der Waals surface area (Å²) in [6.07, 6.45) is -0.462. The van der Waals surface area contributed by atoms with Crippen LogP contribution in [-0.2, 0) is 21.1 Å². The van der Waals surface area contributed by atoms with E-state index in [9.17, 15) is 26.8 Å². The predicted octanol–water partition coefficient (Wildman–Crippen LogP) is 2.82. The molecule has 0 radical (unpaired) electrons. The quantitative estimate of drug-likeness (QED) is 0.499. The van der Waals surface area contributed by atoms with Crippen molar-refractivity contribution < 1.29 is 22.0 Å². The number of nitrogens with one attached hydrogen (secondary N) is 1. The molecule has 0 unspecified atom stereocenters. The van der Waals surface area contributed by atoms with E-state index in [1.165, 1.54) is 24.3 Å². The second kappa shape index (κ2) is 8.31. The van der Waals surface area contributed by atoms with Crippen molar-refractivity contribution in [3.8, 4) is 0 Å². The SMILES string of the molecule is O=C(Cc1cc(F)cc(F)c1)Nn1nc(S(=O)(=O)c2ccccc2)c2ccccc2c1=O. The summed E-state index contributed by atoms with van der Waals surface area (Å²) in [6.45, 7) is 0. The van der Waals surface area contributed by atoms with Crippen molar-refractivity contribution in [2.75, 3.05) is 5.43 Å². The normalized spacial score (nSPS) is 11.4. The molecule has 0 saturated carbocycles. The Labute approximate surface area is 180 Å². The van der Waals surface area contributed by atoms with E-state index in [1.807, 2.05) is 0 Å². The van der Waals surface area contributed by atoms with Crippen molar-refractivity contribution in [2.45, 2.75) is 16.3 Å². The summed E-state index contributed by atoms with van der Waals surface area (Å²) < 4.78 is 53.1. The van der Waals surface area contributed by atoms with Gasteiger partial charge in [0.1, 0.15) is 11.6 Å². The first kappa shape index (κ1) is 21.3. The number of hydrogen-bond acceptors (Lipinski definition) is 5. The van der Waals surface area contributed by atoms with Crippen LogP contribution in [0, 0.1) is 11.6 Å². The van der Waals surface area contributed by atoms with Crippen molar-refractivity contribution in [2.24, 2.45) is 0 Å². The molecule has 10 heteroatoms. The Morgan fingerprint density at radius 2 is 1.50 bits per heavy atom. The average Bonchev–Trinajstić information content (AvgIpc) is 2.75. The van der Waals surface area contributed by atoms with Crippen LogP contribution in [0.25, 0.3) is 10.8 Å². The Hall–Kier alpha value is -3.92. The molecule has 7 nitrogen and oxygen atoms in total. The van der Waals surface area contributed by atoms with E-state index < -0.39 is 44.4 Å². The second-order valence-electron chi connectivity index (χ2n) is 6.87. The summed E-state index contributed by atoms with van der Waals surface area (Å²) in [6, 6.07) is 16.1. The Kier molecular flexibility index (Phi) is 5.54.